The number of sulfonamides is 2. The van der Waals surface area contributed by atoms with Crippen molar-refractivity contribution in [3.63, 3.8) is 0 Å². The summed E-state index contributed by atoms with van der Waals surface area (Å²) in [6.45, 7) is 0.542. The van der Waals surface area contributed by atoms with Crippen LogP contribution in [0.2, 0.25) is 0 Å². The van der Waals surface area contributed by atoms with E-state index in [1.807, 2.05) is 0 Å². The van der Waals surface area contributed by atoms with Crippen molar-refractivity contribution in [2.24, 2.45) is 5.92 Å². The molecule has 0 saturated carbocycles. The van der Waals surface area contributed by atoms with Crippen molar-refractivity contribution in [2.45, 2.75) is 23.5 Å². The predicted octanol–water partition coefficient (Wildman–Crippen LogP) is 3.83. The summed E-state index contributed by atoms with van der Waals surface area (Å²) in [5, 5.41) is 2.80. The van der Waals surface area contributed by atoms with Gasteiger partial charge in [-0.2, -0.15) is 0 Å². The second-order valence-electron chi connectivity index (χ2n) is 8.39. The van der Waals surface area contributed by atoms with Crippen LogP contribution in [0, 0.1) is 5.92 Å². The van der Waals surface area contributed by atoms with Crippen LogP contribution in [-0.2, 0) is 30.6 Å². The molecule has 4 rings (SSSR count). The Balaban J connectivity index is 1.31. The minimum absolute atomic E-state index is 0.0374. The first kappa shape index (κ1) is 26.3. The summed E-state index contributed by atoms with van der Waals surface area (Å²) in [6.07, 6.45) is 2.30. The highest BCUT2D eigenvalue weighted by atomic mass is 79.9. The first-order valence-corrected chi connectivity index (χ1v) is 15.1. The molecular formula is C24H25BrN4O5S2. The van der Waals surface area contributed by atoms with Crippen molar-refractivity contribution in [1.29, 1.82) is 0 Å². The molecule has 1 aliphatic heterocycles. The number of anilines is 2. The Morgan fingerprint density at radius 2 is 1.61 bits per heavy atom. The van der Waals surface area contributed by atoms with Crippen LogP contribution < -0.4 is 10.0 Å². The average molecular weight is 594 g/mol. The lowest BCUT2D eigenvalue weighted by Gasteiger charge is -2.30. The van der Waals surface area contributed by atoms with E-state index in [0.717, 1.165) is 4.47 Å². The molecule has 1 aliphatic rings. The zero-order valence-electron chi connectivity index (χ0n) is 19.2. The van der Waals surface area contributed by atoms with Crippen molar-refractivity contribution in [3.8, 4) is 0 Å². The molecule has 1 fully saturated rings. The number of hydrogen-bond acceptors (Lipinski definition) is 6. The molecule has 2 N–H and O–H groups in total. The number of halogens is 1. The topological polar surface area (TPSA) is 126 Å². The van der Waals surface area contributed by atoms with Gasteiger partial charge in [0.05, 0.1) is 10.6 Å². The average Bonchev–Trinajstić information content (AvgIpc) is 2.86. The molecule has 190 valence electrons. The van der Waals surface area contributed by atoms with Crippen LogP contribution in [0.3, 0.4) is 0 Å². The van der Waals surface area contributed by atoms with Crippen LogP contribution in [0.4, 0.5) is 11.5 Å². The van der Waals surface area contributed by atoms with Crippen molar-refractivity contribution in [1.82, 2.24) is 9.29 Å². The highest BCUT2D eigenvalue weighted by Crippen LogP contribution is 2.24. The molecule has 0 bridgehead atoms. The van der Waals surface area contributed by atoms with Gasteiger partial charge in [0.25, 0.3) is 10.0 Å². The number of benzene rings is 2. The SMILES string of the molecule is O=C(Nc1ccc(S(=O)(=O)Nc2ccccn2)cc1)C1CCN(S(=O)(=O)Cc2ccc(Br)cc2)CC1. The lowest BCUT2D eigenvalue weighted by atomic mass is 9.97. The number of nitrogens with zero attached hydrogens (tertiary/aromatic N) is 2. The minimum Gasteiger partial charge on any atom is -0.326 e. The van der Waals surface area contributed by atoms with E-state index in [4.69, 9.17) is 0 Å². The predicted molar refractivity (Wildman–Crippen MR) is 141 cm³/mol. The van der Waals surface area contributed by atoms with Crippen molar-refractivity contribution in [3.05, 3.63) is 83.0 Å². The summed E-state index contributed by atoms with van der Waals surface area (Å²) in [7, 11) is -7.29. The van der Waals surface area contributed by atoms with E-state index < -0.39 is 20.0 Å². The third-order valence-corrected chi connectivity index (χ3v) is 9.57. The summed E-state index contributed by atoms with van der Waals surface area (Å²) in [5.74, 6) is -0.428. The third kappa shape index (κ3) is 6.69. The molecule has 12 heteroatoms. The van der Waals surface area contributed by atoms with Gasteiger partial charge in [0.1, 0.15) is 5.82 Å². The lowest BCUT2D eigenvalue weighted by Crippen LogP contribution is -2.41. The number of nitrogens with one attached hydrogen (secondary N) is 2. The van der Waals surface area contributed by atoms with Crippen molar-refractivity contribution >= 4 is 53.4 Å². The van der Waals surface area contributed by atoms with E-state index in [2.05, 4.69) is 31.0 Å². The molecule has 3 aromatic rings. The fraction of sp³-hybridized carbons (Fsp3) is 0.250. The lowest BCUT2D eigenvalue weighted by molar-refractivity contribution is -0.120. The molecular weight excluding hydrogens is 568 g/mol. The van der Waals surface area contributed by atoms with Gasteiger partial charge in [-0.3, -0.25) is 9.52 Å². The maximum atomic E-state index is 12.8. The fourth-order valence-corrected chi connectivity index (χ4v) is 6.70. The number of amides is 1. The van der Waals surface area contributed by atoms with Crippen LogP contribution in [0.1, 0.15) is 18.4 Å². The Morgan fingerprint density at radius 3 is 2.22 bits per heavy atom. The minimum atomic E-state index is -3.81. The maximum absolute atomic E-state index is 12.8. The monoisotopic (exact) mass is 592 g/mol. The second kappa shape index (κ2) is 11.1. The van der Waals surface area contributed by atoms with Crippen molar-refractivity contribution < 1.29 is 21.6 Å². The Bertz CT molecular complexity index is 1410. The molecule has 36 heavy (non-hydrogen) atoms. The summed E-state index contributed by atoms with van der Waals surface area (Å²) >= 11 is 3.34. The molecule has 1 aromatic heterocycles. The Labute approximate surface area is 219 Å². The van der Waals surface area contributed by atoms with Gasteiger partial charge in [-0.05, 0) is 66.9 Å². The molecule has 0 atom stereocenters. The van der Waals surface area contributed by atoms with E-state index in [9.17, 15) is 21.6 Å². The van der Waals surface area contributed by atoms with E-state index >= 15 is 0 Å². The van der Waals surface area contributed by atoms with Gasteiger partial charge in [0.2, 0.25) is 15.9 Å². The van der Waals surface area contributed by atoms with Crippen molar-refractivity contribution in [2.75, 3.05) is 23.1 Å². The highest BCUT2D eigenvalue weighted by Gasteiger charge is 2.31. The van der Waals surface area contributed by atoms with Gasteiger partial charge >= 0.3 is 0 Å². The number of carbonyl (C=O) groups is 1. The zero-order valence-corrected chi connectivity index (χ0v) is 22.4. The summed E-state index contributed by atoms with van der Waals surface area (Å²) < 4.78 is 55.4. The summed E-state index contributed by atoms with van der Waals surface area (Å²) in [4.78, 5) is 16.7. The van der Waals surface area contributed by atoms with E-state index in [1.54, 1.807) is 42.5 Å². The normalized spacial score (nSPS) is 15.4. The highest BCUT2D eigenvalue weighted by molar-refractivity contribution is 9.10. The van der Waals surface area contributed by atoms with Crippen LogP contribution >= 0.6 is 15.9 Å². The molecule has 0 aliphatic carbocycles. The molecule has 0 radical (unpaired) electrons. The molecule has 9 nitrogen and oxygen atoms in total. The standard InChI is InChI=1S/C24H25BrN4O5S2/c25-20-6-4-18(5-7-20)17-35(31,32)29-15-12-19(13-16-29)24(30)27-21-8-10-22(11-9-21)36(33,34)28-23-3-1-2-14-26-23/h1-11,14,19H,12-13,15-17H2,(H,26,28)(H,27,30). The third-order valence-electron chi connectivity index (χ3n) is 5.82. The maximum Gasteiger partial charge on any atom is 0.263 e. The van der Waals surface area contributed by atoms with Gasteiger partial charge < -0.3 is 5.32 Å². The van der Waals surface area contributed by atoms with E-state index in [0.29, 0.717) is 24.1 Å². The first-order valence-electron chi connectivity index (χ1n) is 11.2. The van der Waals surface area contributed by atoms with E-state index in [1.165, 1.54) is 34.8 Å². The number of aromatic nitrogens is 1. The largest absolute Gasteiger partial charge is 0.326 e. The van der Waals surface area contributed by atoms with Gasteiger partial charge in [-0.25, -0.2) is 26.1 Å². The van der Waals surface area contributed by atoms with Crippen LogP contribution in [0.5, 0.6) is 0 Å². The molecule has 2 aromatic carbocycles. The molecule has 2 heterocycles. The number of pyridine rings is 1. The summed E-state index contributed by atoms with van der Waals surface area (Å²) in [5.41, 5.74) is 1.17. The smallest absolute Gasteiger partial charge is 0.263 e. The van der Waals surface area contributed by atoms with Gasteiger partial charge in [0, 0.05) is 35.4 Å². The molecule has 0 unspecified atom stereocenters. The first-order chi connectivity index (χ1) is 17.1. The van der Waals surface area contributed by atoms with E-state index in [-0.39, 0.29) is 41.4 Å². The van der Waals surface area contributed by atoms with Gasteiger partial charge in [-0.15, -0.1) is 0 Å². The fourth-order valence-electron chi connectivity index (χ4n) is 3.86. The van der Waals surface area contributed by atoms with Gasteiger partial charge in [0.15, 0.2) is 0 Å². The summed E-state index contributed by atoms with van der Waals surface area (Å²) in [6, 6.07) is 17.9. The quantitative estimate of drug-likeness (QED) is 0.409. The van der Waals surface area contributed by atoms with Crippen LogP contribution in [0.15, 0.2) is 82.3 Å². The molecule has 1 saturated heterocycles. The van der Waals surface area contributed by atoms with Gasteiger partial charge in [-0.1, -0.05) is 34.1 Å². The number of rotatable bonds is 8. The van der Waals surface area contributed by atoms with Crippen LogP contribution in [-0.4, -0.2) is 45.1 Å². The second-order valence-corrected chi connectivity index (χ2v) is 13.0. The molecule has 1 amide bonds. The zero-order chi connectivity index (χ0) is 25.8. The van der Waals surface area contributed by atoms with Crippen LogP contribution in [0.25, 0.3) is 0 Å². The Hall–Kier alpha value is -2.80. The Kier molecular flexibility index (Phi) is 8.08. The number of hydrogen-bond donors (Lipinski definition) is 2. The molecule has 0 spiro atoms. The Morgan fingerprint density at radius 1 is 0.944 bits per heavy atom. The number of piperidine rings is 1. The number of carbonyl (C=O) groups excluding carboxylic acids is 1.